The molecule has 0 radical (unpaired) electrons. The Balaban J connectivity index is 3.03. The molecule has 1 rings (SSSR count). The molecular weight excluding hydrogens is 278 g/mol. The fourth-order valence-corrected chi connectivity index (χ4v) is 1.67. The zero-order valence-electron chi connectivity index (χ0n) is 9.95. The average Bonchev–Trinajstić information content (AvgIpc) is 2.25. The van der Waals surface area contributed by atoms with Crippen LogP contribution in [0.25, 0.3) is 0 Å². The van der Waals surface area contributed by atoms with Crippen molar-refractivity contribution in [3.05, 3.63) is 15.8 Å². The van der Waals surface area contributed by atoms with Crippen LogP contribution in [-0.2, 0) is 10.0 Å². The number of nitrogen functional groups attached to an aromatic ring is 1. The lowest BCUT2D eigenvalue weighted by molar-refractivity contribution is -0.385. The molecule has 1 aromatic rings. The van der Waals surface area contributed by atoms with Crippen LogP contribution in [0.3, 0.4) is 0 Å². The topological polar surface area (TPSA) is 179 Å². The van der Waals surface area contributed by atoms with Gasteiger partial charge < -0.3 is 5.32 Å². The molecule has 11 nitrogen and oxygen atoms in total. The van der Waals surface area contributed by atoms with E-state index in [-0.39, 0.29) is 29.7 Å². The Morgan fingerprint density at radius 1 is 1.42 bits per heavy atom. The predicted octanol–water partition coefficient (Wildman–Crippen LogP) is -1.32. The van der Waals surface area contributed by atoms with Gasteiger partial charge in [0.05, 0.1) is 10.7 Å². The molecule has 106 valence electrons. The van der Waals surface area contributed by atoms with E-state index in [1.54, 1.807) is 0 Å². The number of rotatable bonds is 6. The third-order valence-electron chi connectivity index (χ3n) is 2.05. The second-order valence-corrected chi connectivity index (χ2v) is 5.26. The summed E-state index contributed by atoms with van der Waals surface area (Å²) in [7, 11) is -3.67. The summed E-state index contributed by atoms with van der Waals surface area (Å²) in [6, 6.07) is 0. The maximum absolute atomic E-state index is 10.9. The maximum atomic E-state index is 10.9. The number of hydrogen-bond donors (Lipinski definition) is 4. The van der Waals surface area contributed by atoms with Gasteiger partial charge in [-0.3, -0.25) is 15.5 Å². The molecule has 0 aliphatic rings. The number of nitrogens with zero attached hydrogens (tertiary/aromatic N) is 3. The van der Waals surface area contributed by atoms with Crippen molar-refractivity contribution >= 4 is 27.5 Å². The standard InChI is InChI=1S/C7H13N7O4S/c1-4-5(14(15)16)6(12-7(11-4)13-8)10-2-3-19(9,17)18/h2-3,8H2,1H3,(H2,9,17,18)(H2,10,11,12,13). The monoisotopic (exact) mass is 291 g/mol. The highest BCUT2D eigenvalue weighted by atomic mass is 32.2. The molecule has 0 unspecified atom stereocenters. The van der Waals surface area contributed by atoms with Crippen molar-refractivity contribution in [1.82, 2.24) is 9.97 Å². The number of nitrogens with one attached hydrogen (secondary N) is 2. The van der Waals surface area contributed by atoms with Gasteiger partial charge in [0, 0.05) is 6.54 Å². The van der Waals surface area contributed by atoms with Crippen LogP contribution in [-0.4, -0.2) is 35.6 Å². The van der Waals surface area contributed by atoms with Crippen molar-refractivity contribution in [2.24, 2.45) is 11.0 Å². The number of nitrogens with two attached hydrogens (primary N) is 2. The molecule has 0 fully saturated rings. The molecule has 6 N–H and O–H groups in total. The lowest BCUT2D eigenvalue weighted by Gasteiger charge is -2.08. The Hall–Kier alpha value is -2.05. The SMILES string of the molecule is Cc1nc(NN)nc(NCCS(N)(=O)=O)c1[N+](=O)[O-]. The van der Waals surface area contributed by atoms with Crippen LogP contribution in [0.1, 0.15) is 5.69 Å². The minimum Gasteiger partial charge on any atom is -0.363 e. The summed E-state index contributed by atoms with van der Waals surface area (Å²) in [5.74, 6) is 4.58. The van der Waals surface area contributed by atoms with Gasteiger partial charge in [0.25, 0.3) is 0 Å². The molecule has 0 atom stereocenters. The van der Waals surface area contributed by atoms with Gasteiger partial charge in [-0.1, -0.05) is 0 Å². The number of aromatic nitrogens is 2. The quantitative estimate of drug-likeness (QED) is 0.281. The second-order valence-electron chi connectivity index (χ2n) is 3.53. The fraction of sp³-hybridized carbons (Fsp3) is 0.429. The fourth-order valence-electron chi connectivity index (χ4n) is 1.29. The highest BCUT2D eigenvalue weighted by Crippen LogP contribution is 2.25. The van der Waals surface area contributed by atoms with E-state index in [1.807, 2.05) is 0 Å². The zero-order valence-corrected chi connectivity index (χ0v) is 10.8. The Morgan fingerprint density at radius 3 is 2.53 bits per heavy atom. The van der Waals surface area contributed by atoms with Gasteiger partial charge in [0.2, 0.25) is 21.8 Å². The first-order valence-corrected chi connectivity index (χ1v) is 6.70. The van der Waals surface area contributed by atoms with Crippen LogP contribution in [0, 0.1) is 17.0 Å². The van der Waals surface area contributed by atoms with Gasteiger partial charge in [-0.25, -0.2) is 24.4 Å². The van der Waals surface area contributed by atoms with Crippen LogP contribution >= 0.6 is 0 Å². The summed E-state index contributed by atoms with van der Waals surface area (Å²) in [5.41, 5.74) is 1.89. The van der Waals surface area contributed by atoms with E-state index in [1.165, 1.54) is 6.92 Å². The number of primary sulfonamides is 1. The highest BCUT2D eigenvalue weighted by molar-refractivity contribution is 7.89. The molecule has 12 heteroatoms. The van der Waals surface area contributed by atoms with Crippen molar-refractivity contribution in [3.63, 3.8) is 0 Å². The van der Waals surface area contributed by atoms with Gasteiger partial charge in [0.15, 0.2) is 0 Å². The molecule has 0 bridgehead atoms. The van der Waals surface area contributed by atoms with E-state index >= 15 is 0 Å². The summed E-state index contributed by atoms with van der Waals surface area (Å²) in [6.07, 6.45) is 0. The first-order chi connectivity index (χ1) is 8.74. The van der Waals surface area contributed by atoms with Crippen LogP contribution in [0.15, 0.2) is 0 Å². The van der Waals surface area contributed by atoms with E-state index in [0.29, 0.717) is 0 Å². The number of hydrogen-bond acceptors (Lipinski definition) is 9. The lowest BCUT2D eigenvalue weighted by atomic mass is 10.3. The van der Waals surface area contributed by atoms with E-state index in [9.17, 15) is 18.5 Å². The predicted molar refractivity (Wildman–Crippen MR) is 67.7 cm³/mol. The van der Waals surface area contributed by atoms with Gasteiger partial charge in [0.1, 0.15) is 5.69 Å². The first kappa shape index (κ1) is 15.0. The number of sulfonamides is 1. The average molecular weight is 291 g/mol. The van der Waals surface area contributed by atoms with Gasteiger partial charge in [-0.15, -0.1) is 0 Å². The van der Waals surface area contributed by atoms with Crippen LogP contribution < -0.4 is 21.7 Å². The highest BCUT2D eigenvalue weighted by Gasteiger charge is 2.21. The molecule has 0 aliphatic carbocycles. The molecule has 1 heterocycles. The summed E-state index contributed by atoms with van der Waals surface area (Å²) in [6.45, 7) is 1.28. The minimum atomic E-state index is -3.67. The van der Waals surface area contributed by atoms with Gasteiger partial charge >= 0.3 is 5.69 Å². The largest absolute Gasteiger partial charge is 0.363 e. The first-order valence-electron chi connectivity index (χ1n) is 4.98. The molecule has 0 spiro atoms. The summed E-state index contributed by atoms with van der Waals surface area (Å²) < 4.78 is 21.5. The van der Waals surface area contributed by atoms with Crippen LogP contribution in [0.5, 0.6) is 0 Å². The van der Waals surface area contributed by atoms with E-state index in [0.717, 1.165) is 0 Å². The number of nitro groups is 1. The molecule has 0 saturated carbocycles. The van der Waals surface area contributed by atoms with Crippen molar-refractivity contribution in [1.29, 1.82) is 0 Å². The smallest absolute Gasteiger partial charge is 0.332 e. The van der Waals surface area contributed by atoms with E-state index < -0.39 is 20.7 Å². The van der Waals surface area contributed by atoms with Gasteiger partial charge in [-0.2, -0.15) is 4.98 Å². The zero-order chi connectivity index (χ0) is 14.6. The Bertz CT molecular complexity index is 587. The second kappa shape index (κ2) is 5.73. The van der Waals surface area contributed by atoms with E-state index in [2.05, 4.69) is 20.7 Å². The normalized spacial score (nSPS) is 11.1. The summed E-state index contributed by atoms with van der Waals surface area (Å²) in [5, 5.41) is 18.2. The summed E-state index contributed by atoms with van der Waals surface area (Å²) in [4.78, 5) is 17.7. The third-order valence-corrected chi connectivity index (χ3v) is 2.82. The molecule has 1 aromatic heterocycles. The maximum Gasteiger partial charge on any atom is 0.332 e. The lowest BCUT2D eigenvalue weighted by Crippen LogP contribution is -2.23. The van der Waals surface area contributed by atoms with Gasteiger partial charge in [-0.05, 0) is 6.92 Å². The van der Waals surface area contributed by atoms with E-state index in [4.69, 9.17) is 11.0 Å². The molecule has 0 aromatic carbocycles. The van der Waals surface area contributed by atoms with Crippen LogP contribution in [0.2, 0.25) is 0 Å². The summed E-state index contributed by atoms with van der Waals surface area (Å²) >= 11 is 0. The Morgan fingerprint density at radius 2 is 2.05 bits per heavy atom. The number of aryl methyl sites for hydroxylation is 1. The number of hydrazine groups is 1. The minimum absolute atomic E-state index is 0.0267. The molecule has 0 saturated heterocycles. The van der Waals surface area contributed by atoms with Crippen LogP contribution in [0.4, 0.5) is 17.5 Å². The van der Waals surface area contributed by atoms with Crippen molar-refractivity contribution in [2.75, 3.05) is 23.0 Å². The Labute approximate surface area is 108 Å². The Kier molecular flexibility index (Phi) is 4.52. The molecular formula is C7H13N7O4S. The van der Waals surface area contributed by atoms with Crippen molar-refractivity contribution < 1.29 is 13.3 Å². The van der Waals surface area contributed by atoms with Crippen molar-refractivity contribution in [3.8, 4) is 0 Å². The van der Waals surface area contributed by atoms with Crippen molar-refractivity contribution in [2.45, 2.75) is 6.92 Å². The molecule has 0 aliphatic heterocycles. The molecule has 0 amide bonds. The molecule has 19 heavy (non-hydrogen) atoms. The third kappa shape index (κ3) is 4.27. The number of anilines is 2.